The molecule has 0 aliphatic carbocycles. The fourth-order valence-corrected chi connectivity index (χ4v) is 1.32. The van der Waals surface area contributed by atoms with Gasteiger partial charge in [-0.2, -0.15) is 0 Å². The number of carbonyl (C=O) groups is 1. The first-order chi connectivity index (χ1) is 8.77. The summed E-state index contributed by atoms with van der Waals surface area (Å²) in [5, 5.41) is 3.58. The van der Waals surface area contributed by atoms with Crippen molar-refractivity contribution < 1.29 is 14.6 Å². The minimum Gasteiger partial charge on any atom is -0.375 e. The number of H-pyrrole nitrogens is 1. The van der Waals surface area contributed by atoms with E-state index in [0.717, 1.165) is 0 Å². The maximum atomic E-state index is 11.6. The molecule has 0 amide bonds. The van der Waals surface area contributed by atoms with Gasteiger partial charge in [-0.3, -0.25) is 0 Å². The van der Waals surface area contributed by atoms with Gasteiger partial charge < -0.3 is 10.6 Å². The van der Waals surface area contributed by atoms with Gasteiger partial charge in [0.05, 0.1) is 5.56 Å². The highest BCUT2D eigenvalue weighted by atomic mass is 16.7. The van der Waals surface area contributed by atoms with Crippen molar-refractivity contribution >= 4 is 11.8 Å². The van der Waals surface area contributed by atoms with Crippen LogP contribution in [0.2, 0.25) is 0 Å². The first kappa shape index (κ1) is 11.8. The molecule has 1 aromatic carbocycles. The lowest BCUT2D eigenvalue weighted by Crippen LogP contribution is -2.24. The monoisotopic (exact) mass is 242 g/mol. The van der Waals surface area contributed by atoms with E-state index in [-0.39, 0.29) is 5.84 Å². The van der Waals surface area contributed by atoms with Crippen LogP contribution in [0.5, 0.6) is 0 Å². The SMILES string of the molecule is NC(=NOC(=O)c1ccccc1)c1cccc[nH+]1. The Balaban J connectivity index is 2.05. The molecule has 0 aliphatic heterocycles. The van der Waals surface area contributed by atoms with Crippen molar-refractivity contribution in [1.82, 2.24) is 0 Å². The van der Waals surface area contributed by atoms with Crippen LogP contribution in [-0.2, 0) is 4.84 Å². The molecule has 5 heteroatoms. The Morgan fingerprint density at radius 2 is 1.83 bits per heavy atom. The highest BCUT2D eigenvalue weighted by Crippen LogP contribution is 2.01. The van der Waals surface area contributed by atoms with Crippen LogP contribution in [0.3, 0.4) is 0 Å². The smallest absolute Gasteiger partial charge is 0.365 e. The Labute approximate surface area is 104 Å². The van der Waals surface area contributed by atoms with Crippen molar-refractivity contribution in [1.29, 1.82) is 0 Å². The molecule has 2 aromatic rings. The van der Waals surface area contributed by atoms with Gasteiger partial charge in [-0.25, -0.2) is 9.78 Å². The van der Waals surface area contributed by atoms with Gasteiger partial charge in [0.15, 0.2) is 6.20 Å². The summed E-state index contributed by atoms with van der Waals surface area (Å²) in [6.07, 6.45) is 1.71. The van der Waals surface area contributed by atoms with Crippen LogP contribution in [0, 0.1) is 0 Å². The standard InChI is InChI=1S/C13H11N3O2/c14-12(11-8-4-5-9-15-11)16-18-13(17)10-6-2-1-3-7-10/h1-9H,(H2,14,16)/p+1. The fourth-order valence-electron chi connectivity index (χ4n) is 1.32. The van der Waals surface area contributed by atoms with E-state index in [1.54, 1.807) is 42.6 Å². The zero-order valence-electron chi connectivity index (χ0n) is 9.54. The topological polar surface area (TPSA) is 78.8 Å². The van der Waals surface area contributed by atoms with E-state index < -0.39 is 5.97 Å². The molecule has 18 heavy (non-hydrogen) atoms. The predicted molar refractivity (Wildman–Crippen MR) is 65.6 cm³/mol. The van der Waals surface area contributed by atoms with Crippen LogP contribution in [0.1, 0.15) is 16.1 Å². The lowest BCUT2D eigenvalue weighted by atomic mass is 10.2. The number of hydrogen-bond donors (Lipinski definition) is 1. The van der Waals surface area contributed by atoms with Crippen molar-refractivity contribution in [2.45, 2.75) is 0 Å². The summed E-state index contributed by atoms with van der Waals surface area (Å²) in [5.41, 5.74) is 6.67. The van der Waals surface area contributed by atoms with Crippen molar-refractivity contribution in [3.8, 4) is 0 Å². The Morgan fingerprint density at radius 3 is 2.50 bits per heavy atom. The van der Waals surface area contributed by atoms with Gasteiger partial charge in [0, 0.05) is 12.1 Å². The van der Waals surface area contributed by atoms with Gasteiger partial charge in [0.2, 0.25) is 11.5 Å². The molecule has 1 heterocycles. The van der Waals surface area contributed by atoms with E-state index in [1.165, 1.54) is 0 Å². The number of pyridine rings is 1. The van der Waals surface area contributed by atoms with Crippen LogP contribution in [0.15, 0.2) is 59.9 Å². The Kier molecular flexibility index (Phi) is 3.66. The molecule has 0 radical (unpaired) electrons. The molecule has 2 rings (SSSR count). The van der Waals surface area contributed by atoms with Gasteiger partial charge in [0.25, 0.3) is 0 Å². The first-order valence-corrected chi connectivity index (χ1v) is 5.34. The number of oxime groups is 1. The summed E-state index contributed by atoms with van der Waals surface area (Å²) in [5.74, 6) is -0.436. The highest BCUT2D eigenvalue weighted by molar-refractivity contribution is 5.95. The largest absolute Gasteiger partial charge is 0.375 e. The molecule has 0 saturated heterocycles. The Bertz CT molecular complexity index is 553. The third-order valence-corrected chi connectivity index (χ3v) is 2.22. The average Bonchev–Trinajstić information content (AvgIpc) is 2.46. The number of hydrogen-bond acceptors (Lipinski definition) is 3. The van der Waals surface area contributed by atoms with Crippen molar-refractivity contribution in [3.05, 3.63) is 66.0 Å². The number of carbonyl (C=O) groups excluding carboxylic acids is 1. The third kappa shape index (κ3) is 2.91. The number of amidine groups is 1. The zero-order chi connectivity index (χ0) is 12.8. The second-order valence-electron chi connectivity index (χ2n) is 3.50. The van der Waals surface area contributed by atoms with E-state index in [0.29, 0.717) is 11.3 Å². The third-order valence-electron chi connectivity index (χ3n) is 2.22. The van der Waals surface area contributed by atoms with Crippen LogP contribution in [0.4, 0.5) is 0 Å². The van der Waals surface area contributed by atoms with E-state index in [4.69, 9.17) is 10.6 Å². The molecular formula is C13H12N3O2+. The highest BCUT2D eigenvalue weighted by Gasteiger charge is 2.09. The number of nitrogens with zero attached hydrogens (tertiary/aromatic N) is 1. The maximum absolute atomic E-state index is 11.6. The summed E-state index contributed by atoms with van der Waals surface area (Å²) in [6.45, 7) is 0. The van der Waals surface area contributed by atoms with Gasteiger partial charge in [-0.15, -0.1) is 0 Å². The normalized spacial score (nSPS) is 11.0. The average molecular weight is 242 g/mol. The lowest BCUT2D eigenvalue weighted by molar-refractivity contribution is -0.380. The van der Waals surface area contributed by atoms with Gasteiger partial charge >= 0.3 is 5.97 Å². The summed E-state index contributed by atoms with van der Waals surface area (Å²) < 4.78 is 0. The minimum atomic E-state index is -0.547. The molecule has 0 unspecified atom stereocenters. The molecule has 0 saturated carbocycles. The number of nitrogens with two attached hydrogens (primary N) is 1. The Hall–Kier alpha value is -2.69. The van der Waals surface area contributed by atoms with Crippen LogP contribution in [0.25, 0.3) is 0 Å². The van der Waals surface area contributed by atoms with Gasteiger partial charge in [-0.1, -0.05) is 23.4 Å². The predicted octanol–water partition coefficient (Wildman–Crippen LogP) is 0.978. The van der Waals surface area contributed by atoms with E-state index in [1.807, 2.05) is 12.1 Å². The lowest BCUT2D eigenvalue weighted by Gasteiger charge is -1.97. The molecule has 3 N–H and O–H groups in total. The van der Waals surface area contributed by atoms with E-state index in [9.17, 15) is 4.79 Å². The second-order valence-corrected chi connectivity index (χ2v) is 3.50. The second kappa shape index (κ2) is 5.58. The number of aromatic nitrogens is 1. The summed E-state index contributed by atoms with van der Waals surface area (Å²) in [4.78, 5) is 19.2. The summed E-state index contributed by atoms with van der Waals surface area (Å²) in [7, 11) is 0. The number of nitrogens with one attached hydrogen (secondary N) is 1. The van der Waals surface area contributed by atoms with Gasteiger partial charge in [0.1, 0.15) is 0 Å². The molecule has 90 valence electrons. The van der Waals surface area contributed by atoms with Crippen molar-refractivity contribution in [2.24, 2.45) is 10.9 Å². The molecule has 0 spiro atoms. The summed E-state index contributed by atoms with van der Waals surface area (Å²) in [6, 6.07) is 13.9. The molecule has 0 aliphatic rings. The number of rotatable bonds is 3. The molecule has 1 aromatic heterocycles. The van der Waals surface area contributed by atoms with Gasteiger partial charge in [-0.05, 0) is 18.2 Å². The Morgan fingerprint density at radius 1 is 1.11 bits per heavy atom. The number of aromatic amines is 1. The number of benzene rings is 1. The first-order valence-electron chi connectivity index (χ1n) is 5.34. The van der Waals surface area contributed by atoms with Crippen molar-refractivity contribution in [2.75, 3.05) is 0 Å². The minimum absolute atomic E-state index is 0.111. The molecule has 0 fully saturated rings. The van der Waals surface area contributed by atoms with E-state index >= 15 is 0 Å². The van der Waals surface area contributed by atoms with Crippen LogP contribution < -0.4 is 10.7 Å². The molecule has 0 bridgehead atoms. The maximum Gasteiger partial charge on any atom is 0.365 e. The quantitative estimate of drug-likeness (QED) is 0.377. The molecule has 0 atom stereocenters. The zero-order valence-corrected chi connectivity index (χ0v) is 9.54. The van der Waals surface area contributed by atoms with E-state index in [2.05, 4.69) is 10.1 Å². The molecular weight excluding hydrogens is 230 g/mol. The summed E-state index contributed by atoms with van der Waals surface area (Å²) >= 11 is 0. The van der Waals surface area contributed by atoms with Crippen molar-refractivity contribution in [3.63, 3.8) is 0 Å². The van der Waals surface area contributed by atoms with Crippen LogP contribution >= 0.6 is 0 Å². The fraction of sp³-hybridized carbons (Fsp3) is 0. The molecule has 5 nitrogen and oxygen atoms in total. The van der Waals surface area contributed by atoms with Crippen LogP contribution in [-0.4, -0.2) is 11.8 Å².